The predicted octanol–water partition coefficient (Wildman–Crippen LogP) is -0.745. The van der Waals surface area contributed by atoms with Crippen molar-refractivity contribution in [3.8, 4) is 0 Å². The van der Waals surface area contributed by atoms with Gasteiger partial charge in [0.05, 0.1) is 5.92 Å². The predicted molar refractivity (Wildman–Crippen MR) is 55.0 cm³/mol. The van der Waals surface area contributed by atoms with Gasteiger partial charge in [0.2, 0.25) is 11.8 Å². The second kappa shape index (κ2) is 4.77. The number of imide groups is 1. The summed E-state index contributed by atoms with van der Waals surface area (Å²) in [5, 5.41) is 9.58. The average molecular weight is 212 g/mol. The van der Waals surface area contributed by atoms with E-state index in [4.69, 9.17) is 11.1 Å². The zero-order valence-electron chi connectivity index (χ0n) is 8.75. The van der Waals surface area contributed by atoms with Gasteiger partial charge in [-0.1, -0.05) is 0 Å². The van der Waals surface area contributed by atoms with Crippen LogP contribution >= 0.6 is 0 Å². The standard InChI is InChI=1S/C9H16N4O2/c1-6(14)13-5-7(8(13)15)3-2-4-12-9(10)11/h7H,2-5H2,1H3,(H4,10,11,12). The molecular weight excluding hydrogens is 196 g/mol. The maximum Gasteiger partial charge on any atom is 0.234 e. The SMILES string of the molecule is CC(=O)N1CC(CCCNC(=N)N)C1=O. The van der Waals surface area contributed by atoms with Crippen LogP contribution in [-0.4, -0.2) is 35.8 Å². The molecule has 15 heavy (non-hydrogen) atoms. The molecule has 0 aliphatic carbocycles. The molecule has 6 nitrogen and oxygen atoms in total. The maximum absolute atomic E-state index is 11.3. The van der Waals surface area contributed by atoms with Gasteiger partial charge in [0.1, 0.15) is 0 Å². The second-order valence-corrected chi connectivity index (χ2v) is 3.65. The molecule has 2 amide bonds. The van der Waals surface area contributed by atoms with E-state index in [1.807, 2.05) is 0 Å². The van der Waals surface area contributed by atoms with E-state index < -0.39 is 0 Å². The Morgan fingerprint density at radius 2 is 2.40 bits per heavy atom. The van der Waals surface area contributed by atoms with Crippen LogP contribution in [0, 0.1) is 11.3 Å². The van der Waals surface area contributed by atoms with E-state index in [9.17, 15) is 9.59 Å². The summed E-state index contributed by atoms with van der Waals surface area (Å²) in [5.74, 6) is -0.341. The van der Waals surface area contributed by atoms with Gasteiger partial charge in [-0.15, -0.1) is 0 Å². The van der Waals surface area contributed by atoms with Crippen molar-refractivity contribution in [1.82, 2.24) is 10.2 Å². The third-order valence-corrected chi connectivity index (χ3v) is 2.44. The summed E-state index contributed by atoms with van der Waals surface area (Å²) in [6, 6.07) is 0. The number of hydrogen-bond acceptors (Lipinski definition) is 3. The quantitative estimate of drug-likeness (QED) is 0.247. The molecule has 1 fully saturated rings. The Morgan fingerprint density at radius 1 is 1.73 bits per heavy atom. The topological polar surface area (TPSA) is 99.3 Å². The fourth-order valence-electron chi connectivity index (χ4n) is 1.57. The number of carbonyl (C=O) groups excluding carboxylic acids is 2. The number of nitrogens with one attached hydrogen (secondary N) is 2. The van der Waals surface area contributed by atoms with Crippen molar-refractivity contribution in [3.63, 3.8) is 0 Å². The second-order valence-electron chi connectivity index (χ2n) is 3.65. The van der Waals surface area contributed by atoms with E-state index in [-0.39, 0.29) is 23.7 Å². The minimum absolute atomic E-state index is 0.0253. The molecule has 0 aromatic carbocycles. The smallest absolute Gasteiger partial charge is 0.234 e. The molecule has 1 aliphatic rings. The number of β-lactam (4-membered cyclic amide) rings is 1. The minimum Gasteiger partial charge on any atom is -0.370 e. The molecule has 1 aliphatic heterocycles. The van der Waals surface area contributed by atoms with E-state index in [1.54, 1.807) is 0 Å². The molecule has 1 atom stereocenters. The lowest BCUT2D eigenvalue weighted by molar-refractivity contribution is -0.157. The van der Waals surface area contributed by atoms with Crippen LogP contribution in [0.2, 0.25) is 0 Å². The van der Waals surface area contributed by atoms with Gasteiger partial charge < -0.3 is 11.1 Å². The van der Waals surface area contributed by atoms with Gasteiger partial charge in [-0.25, -0.2) is 0 Å². The summed E-state index contributed by atoms with van der Waals surface area (Å²) >= 11 is 0. The molecular formula is C9H16N4O2. The Labute approximate surface area is 88.3 Å². The number of likely N-dealkylation sites (tertiary alicyclic amines) is 1. The summed E-state index contributed by atoms with van der Waals surface area (Å²) in [5.41, 5.74) is 5.10. The number of hydrogen-bond donors (Lipinski definition) is 3. The fraction of sp³-hybridized carbons (Fsp3) is 0.667. The molecule has 0 spiro atoms. The number of amides is 2. The van der Waals surface area contributed by atoms with Crippen molar-refractivity contribution in [3.05, 3.63) is 0 Å². The van der Waals surface area contributed by atoms with Gasteiger partial charge in [0.25, 0.3) is 0 Å². The van der Waals surface area contributed by atoms with Crippen LogP contribution in [0.15, 0.2) is 0 Å². The number of guanidine groups is 1. The van der Waals surface area contributed by atoms with E-state index in [1.165, 1.54) is 11.8 Å². The average Bonchev–Trinajstić information content (AvgIpc) is 2.13. The molecule has 1 heterocycles. The number of rotatable bonds is 4. The molecule has 0 aromatic rings. The first kappa shape index (κ1) is 11.5. The molecule has 1 unspecified atom stereocenters. The molecule has 6 heteroatoms. The van der Waals surface area contributed by atoms with Crippen molar-refractivity contribution in [2.45, 2.75) is 19.8 Å². The third-order valence-electron chi connectivity index (χ3n) is 2.44. The highest BCUT2D eigenvalue weighted by atomic mass is 16.2. The van der Waals surface area contributed by atoms with E-state index in [0.29, 0.717) is 13.1 Å². The summed E-state index contributed by atoms with van der Waals surface area (Å²) < 4.78 is 0. The Hall–Kier alpha value is -1.59. The van der Waals surface area contributed by atoms with Crippen molar-refractivity contribution < 1.29 is 9.59 Å². The Morgan fingerprint density at radius 3 is 2.87 bits per heavy atom. The van der Waals surface area contributed by atoms with Gasteiger partial charge in [-0.05, 0) is 12.8 Å². The van der Waals surface area contributed by atoms with E-state index in [0.717, 1.165) is 12.8 Å². The van der Waals surface area contributed by atoms with Crippen LogP contribution in [0.5, 0.6) is 0 Å². The lowest BCUT2D eigenvalue weighted by Gasteiger charge is -2.36. The van der Waals surface area contributed by atoms with E-state index >= 15 is 0 Å². The lowest BCUT2D eigenvalue weighted by atomic mass is 9.93. The van der Waals surface area contributed by atoms with Gasteiger partial charge in [0, 0.05) is 20.0 Å². The Kier molecular flexibility index (Phi) is 3.65. The molecule has 0 saturated carbocycles. The first-order valence-corrected chi connectivity index (χ1v) is 4.92. The maximum atomic E-state index is 11.3. The van der Waals surface area contributed by atoms with Crippen molar-refractivity contribution in [2.24, 2.45) is 11.7 Å². The number of nitrogens with two attached hydrogens (primary N) is 1. The highest BCUT2D eigenvalue weighted by molar-refractivity contribution is 5.99. The van der Waals surface area contributed by atoms with Gasteiger partial charge in [-0.2, -0.15) is 0 Å². The number of carbonyl (C=O) groups is 2. The van der Waals surface area contributed by atoms with Crippen LogP contribution in [0.25, 0.3) is 0 Å². The molecule has 1 rings (SSSR count). The summed E-state index contributed by atoms with van der Waals surface area (Å²) in [6.07, 6.45) is 1.52. The summed E-state index contributed by atoms with van der Waals surface area (Å²) in [6.45, 7) is 2.53. The van der Waals surface area contributed by atoms with Gasteiger partial charge in [-0.3, -0.25) is 19.9 Å². The highest BCUT2D eigenvalue weighted by Crippen LogP contribution is 2.21. The zero-order chi connectivity index (χ0) is 11.4. The molecule has 0 bridgehead atoms. The van der Waals surface area contributed by atoms with Crippen LogP contribution in [0.3, 0.4) is 0 Å². The number of nitrogens with zero attached hydrogens (tertiary/aromatic N) is 1. The first-order valence-electron chi connectivity index (χ1n) is 4.92. The van der Waals surface area contributed by atoms with Crippen LogP contribution in [-0.2, 0) is 9.59 Å². The normalized spacial score (nSPS) is 19.7. The van der Waals surface area contributed by atoms with Crippen LogP contribution < -0.4 is 11.1 Å². The highest BCUT2D eigenvalue weighted by Gasteiger charge is 2.38. The van der Waals surface area contributed by atoms with E-state index in [2.05, 4.69) is 5.32 Å². The molecule has 0 aromatic heterocycles. The van der Waals surface area contributed by atoms with Crippen molar-refractivity contribution in [2.75, 3.05) is 13.1 Å². The van der Waals surface area contributed by atoms with Gasteiger partial charge >= 0.3 is 0 Å². The molecule has 84 valence electrons. The van der Waals surface area contributed by atoms with Crippen LogP contribution in [0.1, 0.15) is 19.8 Å². The summed E-state index contributed by atoms with van der Waals surface area (Å²) in [4.78, 5) is 23.5. The largest absolute Gasteiger partial charge is 0.370 e. The van der Waals surface area contributed by atoms with Gasteiger partial charge in [0.15, 0.2) is 5.96 Å². The van der Waals surface area contributed by atoms with Crippen molar-refractivity contribution in [1.29, 1.82) is 5.41 Å². The minimum atomic E-state index is -0.182. The lowest BCUT2D eigenvalue weighted by Crippen LogP contribution is -2.54. The summed E-state index contributed by atoms with van der Waals surface area (Å²) in [7, 11) is 0. The van der Waals surface area contributed by atoms with Crippen molar-refractivity contribution >= 4 is 17.8 Å². The third kappa shape index (κ3) is 2.93. The first-order chi connectivity index (χ1) is 7.02. The monoisotopic (exact) mass is 212 g/mol. The van der Waals surface area contributed by atoms with Crippen LogP contribution in [0.4, 0.5) is 0 Å². The Balaban J connectivity index is 2.13. The zero-order valence-corrected chi connectivity index (χ0v) is 8.75. The molecule has 0 radical (unpaired) electrons. The molecule has 1 saturated heterocycles. The molecule has 4 N–H and O–H groups in total. The Bertz CT molecular complexity index is 290. The fourth-order valence-corrected chi connectivity index (χ4v) is 1.57.